The van der Waals surface area contributed by atoms with Gasteiger partial charge in [0, 0.05) is 22.5 Å². The number of dihydropyridines is 1. The Hall–Kier alpha value is -3.12. The van der Waals surface area contributed by atoms with Gasteiger partial charge in [-0.3, -0.25) is 0 Å². The van der Waals surface area contributed by atoms with Gasteiger partial charge in [-0.15, -0.1) is 0 Å². The third kappa shape index (κ3) is 3.57. The molecule has 0 spiro atoms. The van der Waals surface area contributed by atoms with E-state index in [0.717, 1.165) is 16.5 Å². The number of rotatable bonds is 4. The topological polar surface area (TPSA) is 59.1 Å². The second kappa shape index (κ2) is 7.25. The van der Waals surface area contributed by atoms with Crippen molar-refractivity contribution in [2.75, 3.05) is 19.0 Å². The van der Waals surface area contributed by atoms with Crippen LogP contribution in [0.5, 0.6) is 5.75 Å². The van der Waals surface area contributed by atoms with Crippen LogP contribution in [0, 0.1) is 5.82 Å². The van der Waals surface area contributed by atoms with Gasteiger partial charge in [-0.1, -0.05) is 17.7 Å². The molecule has 5 nitrogen and oxygen atoms in total. The summed E-state index contributed by atoms with van der Waals surface area (Å²) in [7, 11) is 1.59. The van der Waals surface area contributed by atoms with E-state index in [-0.39, 0.29) is 5.69 Å². The van der Waals surface area contributed by atoms with Gasteiger partial charge in [0.05, 0.1) is 18.3 Å². The van der Waals surface area contributed by atoms with Gasteiger partial charge in [0.1, 0.15) is 17.4 Å². The van der Waals surface area contributed by atoms with E-state index >= 15 is 0 Å². The number of halogens is 2. The smallest absolute Gasteiger partial charge is 0.159 e. The molecule has 0 amide bonds. The standard InChI is InChI=1S/C20H16ClFN4O/c1-27-14-5-7-17-15(10-14)20(25-18-6-4-13(21)9-16(18)22)26-19(24-17)12-3-2-8-23-11-12/h2-10,23H,11H2,1H3,(H,24,25,26). The number of hydrogen-bond donors (Lipinski definition) is 2. The number of nitrogens with one attached hydrogen (secondary N) is 2. The Labute approximate surface area is 160 Å². The molecule has 4 rings (SSSR count). The van der Waals surface area contributed by atoms with Crippen molar-refractivity contribution in [3.05, 3.63) is 71.4 Å². The van der Waals surface area contributed by atoms with E-state index in [2.05, 4.69) is 20.6 Å². The van der Waals surface area contributed by atoms with Crippen molar-refractivity contribution in [2.24, 2.45) is 0 Å². The summed E-state index contributed by atoms with van der Waals surface area (Å²) in [5, 5.41) is 7.27. The first-order valence-electron chi connectivity index (χ1n) is 8.31. The Morgan fingerprint density at radius 2 is 2.07 bits per heavy atom. The normalized spacial score (nSPS) is 13.2. The molecule has 27 heavy (non-hydrogen) atoms. The van der Waals surface area contributed by atoms with Gasteiger partial charge in [-0.05, 0) is 48.7 Å². The van der Waals surface area contributed by atoms with Crippen LogP contribution in [0.1, 0.15) is 5.82 Å². The number of ether oxygens (including phenoxy) is 1. The van der Waals surface area contributed by atoms with E-state index in [0.29, 0.717) is 29.0 Å². The van der Waals surface area contributed by atoms with Crippen molar-refractivity contribution >= 4 is 39.6 Å². The molecule has 0 radical (unpaired) electrons. The monoisotopic (exact) mass is 382 g/mol. The predicted molar refractivity (Wildman–Crippen MR) is 106 cm³/mol. The van der Waals surface area contributed by atoms with Crippen LogP contribution >= 0.6 is 11.6 Å². The fourth-order valence-corrected chi connectivity index (χ4v) is 2.96. The molecule has 1 aliphatic rings. The van der Waals surface area contributed by atoms with Crippen molar-refractivity contribution in [3.8, 4) is 5.75 Å². The maximum Gasteiger partial charge on any atom is 0.159 e. The minimum Gasteiger partial charge on any atom is -0.497 e. The Morgan fingerprint density at radius 3 is 2.81 bits per heavy atom. The quantitative estimate of drug-likeness (QED) is 0.686. The molecule has 3 aromatic rings. The van der Waals surface area contributed by atoms with E-state index in [1.165, 1.54) is 6.07 Å². The highest BCUT2D eigenvalue weighted by atomic mass is 35.5. The van der Waals surface area contributed by atoms with E-state index in [4.69, 9.17) is 16.3 Å². The Kier molecular flexibility index (Phi) is 4.64. The SMILES string of the molecule is COc1ccc2nc(C3=CC=CNC3)nc(Nc3ccc(Cl)cc3F)c2c1. The summed E-state index contributed by atoms with van der Waals surface area (Å²) in [6, 6.07) is 9.97. The van der Waals surface area contributed by atoms with Gasteiger partial charge in [0.25, 0.3) is 0 Å². The summed E-state index contributed by atoms with van der Waals surface area (Å²) in [5.74, 6) is 1.27. The number of anilines is 2. The lowest BCUT2D eigenvalue weighted by atomic mass is 10.1. The van der Waals surface area contributed by atoms with Gasteiger partial charge < -0.3 is 15.4 Å². The van der Waals surface area contributed by atoms with Crippen molar-refractivity contribution in [3.63, 3.8) is 0 Å². The molecule has 2 heterocycles. The maximum atomic E-state index is 14.3. The molecule has 0 saturated heterocycles. The first-order valence-corrected chi connectivity index (χ1v) is 8.69. The highest BCUT2D eigenvalue weighted by Gasteiger charge is 2.14. The summed E-state index contributed by atoms with van der Waals surface area (Å²) in [6.07, 6.45) is 5.71. The summed E-state index contributed by atoms with van der Waals surface area (Å²) in [4.78, 5) is 9.29. The molecule has 136 valence electrons. The predicted octanol–water partition coefficient (Wildman–Crippen LogP) is 4.67. The molecule has 0 fully saturated rings. The highest BCUT2D eigenvalue weighted by molar-refractivity contribution is 6.30. The number of nitrogens with zero attached hydrogens (tertiary/aromatic N) is 2. The molecular weight excluding hydrogens is 367 g/mol. The van der Waals surface area contributed by atoms with Crippen LogP contribution in [0.25, 0.3) is 16.5 Å². The van der Waals surface area contributed by atoms with E-state index in [9.17, 15) is 4.39 Å². The molecule has 0 atom stereocenters. The average Bonchev–Trinajstić information content (AvgIpc) is 2.70. The molecule has 0 unspecified atom stereocenters. The van der Waals surface area contributed by atoms with Gasteiger partial charge in [-0.25, -0.2) is 14.4 Å². The number of hydrogen-bond acceptors (Lipinski definition) is 5. The number of allylic oxidation sites excluding steroid dienone is 2. The molecule has 1 aromatic heterocycles. The Bertz CT molecular complexity index is 1080. The largest absolute Gasteiger partial charge is 0.497 e. The van der Waals surface area contributed by atoms with Gasteiger partial charge >= 0.3 is 0 Å². The summed E-state index contributed by atoms with van der Waals surface area (Å²) in [5.41, 5.74) is 1.95. The van der Waals surface area contributed by atoms with Crippen molar-refractivity contribution < 1.29 is 9.13 Å². The van der Waals surface area contributed by atoms with Crippen LogP contribution in [0.3, 0.4) is 0 Å². The zero-order valence-corrected chi connectivity index (χ0v) is 15.2. The van der Waals surface area contributed by atoms with Crippen molar-refractivity contribution in [1.29, 1.82) is 0 Å². The van der Waals surface area contributed by atoms with Crippen LogP contribution < -0.4 is 15.4 Å². The lowest BCUT2D eigenvalue weighted by Crippen LogP contribution is -2.14. The maximum absolute atomic E-state index is 14.3. The van der Waals surface area contributed by atoms with Crippen molar-refractivity contribution in [1.82, 2.24) is 15.3 Å². The summed E-state index contributed by atoms with van der Waals surface area (Å²) in [6.45, 7) is 0.618. The zero-order chi connectivity index (χ0) is 18.8. The van der Waals surface area contributed by atoms with Crippen LogP contribution in [0.4, 0.5) is 15.9 Å². The van der Waals surface area contributed by atoms with Crippen LogP contribution in [0.15, 0.2) is 54.8 Å². The number of fused-ring (bicyclic) bond motifs is 1. The Morgan fingerprint density at radius 1 is 1.19 bits per heavy atom. The van der Waals surface area contributed by atoms with Crippen LogP contribution in [0.2, 0.25) is 5.02 Å². The van der Waals surface area contributed by atoms with Gasteiger partial charge in [0.15, 0.2) is 5.82 Å². The van der Waals surface area contributed by atoms with E-state index in [1.807, 2.05) is 36.6 Å². The fraction of sp³-hybridized carbons (Fsp3) is 0.100. The second-order valence-corrected chi connectivity index (χ2v) is 6.40. The third-order valence-corrected chi connectivity index (χ3v) is 4.41. The highest BCUT2D eigenvalue weighted by Crippen LogP contribution is 2.30. The number of aromatic nitrogens is 2. The average molecular weight is 383 g/mol. The molecule has 2 N–H and O–H groups in total. The van der Waals surface area contributed by atoms with Gasteiger partial charge in [0.2, 0.25) is 0 Å². The number of methoxy groups -OCH3 is 1. The van der Waals surface area contributed by atoms with E-state index < -0.39 is 5.82 Å². The van der Waals surface area contributed by atoms with Gasteiger partial charge in [-0.2, -0.15) is 0 Å². The number of benzene rings is 2. The first-order chi connectivity index (χ1) is 13.1. The minimum atomic E-state index is -0.458. The lowest BCUT2D eigenvalue weighted by Gasteiger charge is -2.15. The summed E-state index contributed by atoms with van der Waals surface area (Å²) >= 11 is 5.85. The van der Waals surface area contributed by atoms with Crippen LogP contribution in [-0.2, 0) is 0 Å². The zero-order valence-electron chi connectivity index (χ0n) is 14.5. The van der Waals surface area contributed by atoms with Crippen LogP contribution in [-0.4, -0.2) is 23.6 Å². The fourth-order valence-electron chi connectivity index (χ4n) is 2.81. The van der Waals surface area contributed by atoms with E-state index in [1.54, 1.807) is 19.2 Å². The Balaban J connectivity index is 1.86. The van der Waals surface area contributed by atoms with Crippen molar-refractivity contribution in [2.45, 2.75) is 0 Å². The molecular formula is C20H16ClFN4O. The molecule has 0 saturated carbocycles. The molecule has 1 aliphatic heterocycles. The second-order valence-electron chi connectivity index (χ2n) is 5.96. The molecule has 0 aliphatic carbocycles. The summed E-state index contributed by atoms with van der Waals surface area (Å²) < 4.78 is 19.6. The lowest BCUT2D eigenvalue weighted by molar-refractivity contribution is 0.415. The third-order valence-electron chi connectivity index (χ3n) is 4.18. The minimum absolute atomic E-state index is 0.281. The molecule has 7 heteroatoms. The molecule has 2 aromatic carbocycles. The first kappa shape index (κ1) is 17.3. The molecule has 0 bridgehead atoms.